The van der Waals surface area contributed by atoms with Crippen molar-refractivity contribution in [3.63, 3.8) is 0 Å². The van der Waals surface area contributed by atoms with Crippen LogP contribution in [-0.4, -0.2) is 77.4 Å². The van der Waals surface area contributed by atoms with Crippen molar-refractivity contribution in [1.82, 2.24) is 18.3 Å². The molecule has 2 aromatic carbocycles. The van der Waals surface area contributed by atoms with Crippen molar-refractivity contribution in [3.05, 3.63) is 137 Å². The molecule has 2 aromatic heterocycles. The minimum Gasteiger partial charge on any atom is -0.408 e. The summed E-state index contributed by atoms with van der Waals surface area (Å²) in [5.74, 6) is 0. The van der Waals surface area contributed by atoms with Crippen molar-refractivity contribution >= 4 is 16.1 Å². The second-order valence-corrected chi connectivity index (χ2v) is 23.5. The summed E-state index contributed by atoms with van der Waals surface area (Å²) in [7, 11) is -5.35. The fourth-order valence-corrected chi connectivity index (χ4v) is 10.0. The van der Waals surface area contributed by atoms with Crippen LogP contribution in [0.2, 0.25) is 18.1 Å². The van der Waals surface area contributed by atoms with Crippen LogP contribution in [0.3, 0.4) is 0 Å². The van der Waals surface area contributed by atoms with Crippen LogP contribution in [0.5, 0.6) is 0 Å². The molecule has 8 atom stereocenters. The second-order valence-electron chi connectivity index (χ2n) is 17.1. The normalized spacial score (nSPS) is 26.5. The molecule has 0 bridgehead atoms. The van der Waals surface area contributed by atoms with Gasteiger partial charge in [0.05, 0.1) is 26.4 Å². The molecule has 18 nitrogen and oxygen atoms in total. The Morgan fingerprint density at radius 2 is 1.42 bits per heavy atom. The first kappa shape index (κ1) is 45.9. The number of aryl methyl sites for hydroxylation is 1. The minimum absolute atomic E-state index is 0.0996. The van der Waals surface area contributed by atoms with Crippen LogP contribution in [0.25, 0.3) is 0 Å². The van der Waals surface area contributed by atoms with Gasteiger partial charge in [-0.05, 0) is 36.2 Å². The first-order valence-corrected chi connectivity index (χ1v) is 24.8. The number of nitrogens with zero attached hydrogens (tertiary/aromatic N) is 4. The third-order valence-electron chi connectivity index (χ3n) is 11.7. The third kappa shape index (κ3) is 9.98. The van der Waals surface area contributed by atoms with E-state index in [1.165, 1.54) is 34.7 Å². The highest BCUT2D eigenvalue weighted by Gasteiger charge is 2.54. The van der Waals surface area contributed by atoms with E-state index in [2.05, 4.69) is 33.9 Å². The molecule has 0 aliphatic carbocycles. The van der Waals surface area contributed by atoms with Crippen LogP contribution in [-0.2, 0) is 72.9 Å². The van der Waals surface area contributed by atoms with Crippen LogP contribution in [0, 0.1) is 6.92 Å². The molecule has 20 heteroatoms. The Labute approximate surface area is 359 Å². The molecular formula is C42H55N4O14PSi. The van der Waals surface area contributed by atoms with Gasteiger partial charge in [-0.25, -0.2) is 23.3 Å². The first-order chi connectivity index (χ1) is 29.5. The van der Waals surface area contributed by atoms with E-state index in [4.69, 9.17) is 41.7 Å². The van der Waals surface area contributed by atoms with E-state index in [1.54, 1.807) is 6.92 Å². The largest absolute Gasteiger partial charge is 0.475 e. The van der Waals surface area contributed by atoms with Gasteiger partial charge in [0.25, 0.3) is 11.1 Å². The van der Waals surface area contributed by atoms with E-state index in [1.807, 2.05) is 60.7 Å². The summed E-state index contributed by atoms with van der Waals surface area (Å²) in [6.07, 6.45) is -3.24. The summed E-state index contributed by atoms with van der Waals surface area (Å²) in [6.45, 7) is 11.2. The minimum atomic E-state index is -4.27. The maximum absolute atomic E-state index is 14.1. The second kappa shape index (κ2) is 18.9. The van der Waals surface area contributed by atoms with Crippen LogP contribution in [0.1, 0.15) is 56.3 Å². The zero-order chi connectivity index (χ0) is 44.4. The molecule has 336 valence electrons. The topological polar surface area (TPSA) is 188 Å². The molecule has 5 heterocycles. The Morgan fingerprint density at radius 3 is 2.03 bits per heavy atom. The molecule has 62 heavy (non-hydrogen) atoms. The van der Waals surface area contributed by atoms with E-state index < -0.39 is 81.6 Å². The van der Waals surface area contributed by atoms with Crippen molar-refractivity contribution in [3.8, 4) is 0 Å². The fraction of sp³-hybridized carbons (Fsp3) is 0.524. The number of fused-ring (bicyclic) bond motifs is 1. The Morgan fingerprint density at radius 1 is 0.806 bits per heavy atom. The SMILES string of the molecule is CO[C@@H]1[C@H](O[Si](C)(C)C(C)(C)C)[C@@H](CO[P@]2(=O)OC[C@H]3O[C@@H](n4cc(C)c(=O)n(COCc5ccccc5)c4=O)C[C@@H]3O2)O[C@H]1n1ccc(=O)n(COCc2ccccc2)c1=O. The summed E-state index contributed by atoms with van der Waals surface area (Å²) < 4.78 is 73.2. The number of methoxy groups -OCH3 is 1. The van der Waals surface area contributed by atoms with Crippen LogP contribution in [0.4, 0.5) is 0 Å². The Kier molecular flexibility index (Phi) is 14.0. The van der Waals surface area contributed by atoms with Gasteiger partial charge in [0.1, 0.15) is 50.2 Å². The molecule has 0 unspecified atom stereocenters. The number of rotatable bonds is 16. The van der Waals surface area contributed by atoms with Crippen LogP contribution >= 0.6 is 7.82 Å². The van der Waals surface area contributed by atoms with E-state index in [0.717, 1.165) is 20.3 Å². The summed E-state index contributed by atoms with van der Waals surface area (Å²) in [6, 6.07) is 20.0. The Balaban J connectivity index is 1.06. The van der Waals surface area contributed by atoms with Gasteiger partial charge >= 0.3 is 19.2 Å². The molecule has 0 N–H and O–H groups in total. The lowest BCUT2D eigenvalue weighted by Gasteiger charge is -2.40. The van der Waals surface area contributed by atoms with Crippen molar-refractivity contribution in [2.75, 3.05) is 20.3 Å². The number of ether oxygens (including phenoxy) is 5. The van der Waals surface area contributed by atoms with Gasteiger partial charge in [0, 0.05) is 37.6 Å². The van der Waals surface area contributed by atoms with Gasteiger partial charge in [-0.3, -0.25) is 32.3 Å². The van der Waals surface area contributed by atoms with Gasteiger partial charge in [-0.15, -0.1) is 0 Å². The van der Waals surface area contributed by atoms with Gasteiger partial charge in [-0.1, -0.05) is 81.4 Å². The van der Waals surface area contributed by atoms with Crippen LogP contribution < -0.4 is 22.5 Å². The number of aromatic nitrogens is 4. The van der Waals surface area contributed by atoms with Crippen molar-refractivity contribution in [1.29, 1.82) is 0 Å². The zero-order valence-corrected chi connectivity index (χ0v) is 37.8. The maximum Gasteiger partial charge on any atom is 0.475 e. The fourth-order valence-electron chi connectivity index (χ4n) is 7.28. The first-order valence-electron chi connectivity index (χ1n) is 20.5. The van der Waals surface area contributed by atoms with E-state index in [0.29, 0.717) is 5.56 Å². The van der Waals surface area contributed by atoms with Crippen molar-refractivity contribution in [2.45, 2.75) is 122 Å². The van der Waals surface area contributed by atoms with Crippen LogP contribution in [0.15, 0.2) is 98.3 Å². The lowest BCUT2D eigenvalue weighted by molar-refractivity contribution is -0.0855. The smallest absolute Gasteiger partial charge is 0.408 e. The summed E-state index contributed by atoms with van der Waals surface area (Å²) >= 11 is 0. The Hall–Kier alpha value is -4.11. The highest BCUT2D eigenvalue weighted by Crippen LogP contribution is 2.57. The summed E-state index contributed by atoms with van der Waals surface area (Å²) in [4.78, 5) is 53.5. The molecular weight excluding hydrogens is 844 g/mol. The number of phosphoric acid groups is 1. The highest BCUT2D eigenvalue weighted by molar-refractivity contribution is 7.48. The van der Waals surface area contributed by atoms with Gasteiger partial charge < -0.3 is 28.1 Å². The predicted octanol–water partition coefficient (Wildman–Crippen LogP) is 4.82. The molecule has 3 fully saturated rings. The molecule has 0 spiro atoms. The average molecular weight is 899 g/mol. The molecule has 3 aliphatic rings. The molecule has 7 rings (SSSR count). The molecule has 0 amide bonds. The average Bonchev–Trinajstić information content (AvgIpc) is 3.81. The molecule has 3 aliphatic heterocycles. The Bertz CT molecular complexity index is 2470. The molecule has 0 radical (unpaired) electrons. The number of hydrogen-bond donors (Lipinski definition) is 0. The lowest BCUT2D eigenvalue weighted by atomic mass is 10.1. The van der Waals surface area contributed by atoms with E-state index in [9.17, 15) is 23.7 Å². The molecule has 0 saturated carbocycles. The van der Waals surface area contributed by atoms with E-state index in [-0.39, 0.29) is 51.3 Å². The number of phosphoric ester groups is 1. The van der Waals surface area contributed by atoms with Gasteiger partial charge in [-0.2, -0.15) is 0 Å². The lowest BCUT2D eigenvalue weighted by Crippen LogP contribution is -2.50. The van der Waals surface area contributed by atoms with Crippen molar-refractivity contribution < 1.29 is 46.2 Å². The van der Waals surface area contributed by atoms with Gasteiger partial charge in [0.2, 0.25) is 0 Å². The summed E-state index contributed by atoms with van der Waals surface area (Å²) in [5, 5.41) is -0.242. The highest BCUT2D eigenvalue weighted by atomic mass is 31.2. The molecule has 3 saturated heterocycles. The predicted molar refractivity (Wildman–Crippen MR) is 227 cm³/mol. The van der Waals surface area contributed by atoms with Gasteiger partial charge in [0.15, 0.2) is 14.5 Å². The number of benzene rings is 2. The molecule has 4 aromatic rings. The summed E-state index contributed by atoms with van der Waals surface area (Å²) in [5.41, 5.74) is -0.321. The number of hydrogen-bond acceptors (Lipinski definition) is 14. The van der Waals surface area contributed by atoms with E-state index >= 15 is 0 Å². The maximum atomic E-state index is 14.1. The monoisotopic (exact) mass is 898 g/mol. The third-order valence-corrected chi connectivity index (χ3v) is 17.7. The quantitative estimate of drug-likeness (QED) is 0.110. The van der Waals surface area contributed by atoms with Crippen molar-refractivity contribution in [2.24, 2.45) is 0 Å². The standard InChI is InChI=1S/C42H55N4O14PSi/c1-28-21-44(41(50)46(38(28)48)27-54-23-30-16-12-9-13-17-30)35-20-31-32(57-35)24-55-61(51,59-31)56-25-33-36(60-62(6,7)42(2,3)4)37(52-5)39(58-33)43-19-18-34(47)45(40(43)49)26-53-22-29-14-10-8-11-15-29/h8-19,21,31-33,35-37,39H,20,22-27H2,1-7H3/t31-,32+,33+,35+,36+,37+,39+,61-/m0/s1. The zero-order valence-electron chi connectivity index (χ0n) is 35.9.